The summed E-state index contributed by atoms with van der Waals surface area (Å²) in [6.45, 7) is 2.37. The predicted molar refractivity (Wildman–Crippen MR) is 171 cm³/mol. The minimum absolute atomic E-state index is 0.109. The second-order valence-electron chi connectivity index (χ2n) is 12.7. The molecule has 1 saturated heterocycles. The first-order valence-corrected chi connectivity index (χ1v) is 17.0. The molecule has 0 unspecified atom stereocenters. The number of hydrogen-bond donors (Lipinski definition) is 1. The molecule has 7 atom stereocenters. The van der Waals surface area contributed by atoms with E-state index in [9.17, 15) is 27.6 Å². The number of fused-ring (bicyclic) bond motifs is 9. The molecule has 3 aromatic carbocycles. The predicted octanol–water partition coefficient (Wildman–Crippen LogP) is 7.03. The summed E-state index contributed by atoms with van der Waals surface area (Å²) in [5, 5.41) is 0.631. The molecule has 2 aliphatic carbocycles. The average molecular weight is 679 g/mol. The standard InChI is InChI=1S/C35H29F3N2O5S2/c1-16-6-5-7-17(12-16)15-45-23-11-10-18(13-24(23)44-2)25-26-19-14-20(29(26)46-31-30(25)47-34(43)39-31)28-27(19)32(41)40(33(28)42)22-9-4-3-8-21(22)35(36,37)38/h3-13,19-20,25-29H,14-15H2,1-2H3,(H,39,43)/t19-,20-,25+,26+,27+,28+,29-/m1/s1. The van der Waals surface area contributed by atoms with Crippen LogP contribution in [0.3, 0.4) is 0 Å². The molecule has 47 heavy (non-hydrogen) atoms. The van der Waals surface area contributed by atoms with Crippen LogP contribution in [0.2, 0.25) is 0 Å². The molecule has 3 fully saturated rings. The number of para-hydroxylation sites is 1. The van der Waals surface area contributed by atoms with E-state index in [2.05, 4.69) is 11.1 Å². The fourth-order valence-corrected chi connectivity index (χ4v) is 11.4. The maximum absolute atomic E-state index is 14.0. The maximum atomic E-state index is 14.0. The van der Waals surface area contributed by atoms with Crippen molar-refractivity contribution in [3.05, 3.63) is 104 Å². The number of aryl methyl sites for hydroxylation is 1. The van der Waals surface area contributed by atoms with Crippen LogP contribution in [0.1, 0.15) is 39.5 Å². The van der Waals surface area contributed by atoms with Gasteiger partial charge in [0.1, 0.15) is 6.61 Å². The lowest BCUT2D eigenvalue weighted by atomic mass is 9.68. The largest absolute Gasteiger partial charge is 0.493 e. The molecule has 2 bridgehead atoms. The summed E-state index contributed by atoms with van der Waals surface area (Å²) in [6.07, 6.45) is -4.10. The van der Waals surface area contributed by atoms with Gasteiger partial charge >= 0.3 is 11.0 Å². The number of aromatic nitrogens is 1. The number of H-pyrrole nitrogens is 1. The number of hydrogen-bond acceptors (Lipinski definition) is 7. The molecule has 0 radical (unpaired) electrons. The lowest BCUT2D eigenvalue weighted by molar-refractivity contribution is -0.137. The topological polar surface area (TPSA) is 88.7 Å². The Hall–Kier alpha value is -4.03. The van der Waals surface area contributed by atoms with Crippen LogP contribution >= 0.6 is 23.1 Å². The summed E-state index contributed by atoms with van der Waals surface area (Å²) in [6, 6.07) is 18.5. The van der Waals surface area contributed by atoms with Gasteiger partial charge in [0.05, 0.1) is 35.2 Å². The number of thiazole rings is 1. The van der Waals surface area contributed by atoms with Crippen LogP contribution in [-0.2, 0) is 22.4 Å². The molecule has 2 aliphatic heterocycles. The van der Waals surface area contributed by atoms with Gasteiger partial charge in [-0.2, -0.15) is 13.2 Å². The van der Waals surface area contributed by atoms with E-state index < -0.39 is 41.1 Å². The van der Waals surface area contributed by atoms with Crippen molar-refractivity contribution in [1.82, 2.24) is 4.98 Å². The molecule has 2 amide bonds. The number of amides is 2. The number of carbonyl (C=O) groups excluding carboxylic acids is 2. The zero-order valence-electron chi connectivity index (χ0n) is 25.2. The summed E-state index contributed by atoms with van der Waals surface area (Å²) in [4.78, 5) is 45.0. The summed E-state index contributed by atoms with van der Waals surface area (Å²) >= 11 is 2.66. The van der Waals surface area contributed by atoms with Crippen molar-refractivity contribution in [2.24, 2.45) is 29.6 Å². The van der Waals surface area contributed by atoms with Crippen LogP contribution in [0, 0.1) is 36.5 Å². The molecule has 8 rings (SSSR count). The molecular weight excluding hydrogens is 650 g/mol. The first-order chi connectivity index (χ1) is 22.5. The second kappa shape index (κ2) is 11.0. The Morgan fingerprint density at radius 2 is 1.70 bits per heavy atom. The number of alkyl halides is 3. The van der Waals surface area contributed by atoms with E-state index in [1.807, 2.05) is 43.3 Å². The zero-order chi connectivity index (χ0) is 32.8. The van der Waals surface area contributed by atoms with Gasteiger partial charge in [-0.15, -0.1) is 11.8 Å². The van der Waals surface area contributed by atoms with Crippen molar-refractivity contribution >= 4 is 40.6 Å². The van der Waals surface area contributed by atoms with Crippen molar-refractivity contribution < 1.29 is 32.2 Å². The number of aromatic amines is 1. The Kier molecular flexibility index (Phi) is 7.10. The molecule has 242 valence electrons. The fourth-order valence-electron chi connectivity index (χ4n) is 8.50. The molecule has 2 saturated carbocycles. The number of thioether (sulfide) groups is 1. The summed E-state index contributed by atoms with van der Waals surface area (Å²) < 4.78 is 53.9. The SMILES string of the molecule is COc1cc([C@@H]2c3sc(=O)[nH]c3S[C@@H]3[C@@H]4C[C@@H]([C@@H]5C(=O)N(c6ccccc6C(F)(F)F)C(=O)[C@@H]45)[C@@H]23)ccc1OCc1cccc(C)c1. The lowest BCUT2D eigenvalue weighted by Crippen LogP contribution is -2.42. The van der Waals surface area contributed by atoms with E-state index in [0.29, 0.717) is 24.5 Å². The second-order valence-corrected chi connectivity index (χ2v) is 14.9. The van der Waals surface area contributed by atoms with E-state index in [1.54, 1.807) is 7.11 Å². The van der Waals surface area contributed by atoms with Crippen molar-refractivity contribution in [1.29, 1.82) is 0 Å². The highest BCUT2D eigenvalue weighted by atomic mass is 32.2. The van der Waals surface area contributed by atoms with Gasteiger partial charge in [-0.1, -0.05) is 59.4 Å². The van der Waals surface area contributed by atoms with Gasteiger partial charge in [-0.25, -0.2) is 4.90 Å². The van der Waals surface area contributed by atoms with Gasteiger partial charge in [0.15, 0.2) is 11.5 Å². The quantitative estimate of drug-likeness (QED) is 0.221. The van der Waals surface area contributed by atoms with E-state index in [0.717, 1.165) is 48.9 Å². The first kappa shape index (κ1) is 30.3. The van der Waals surface area contributed by atoms with Gasteiger partial charge in [-0.3, -0.25) is 14.4 Å². The number of nitrogens with zero attached hydrogens (tertiary/aromatic N) is 1. The van der Waals surface area contributed by atoms with Crippen LogP contribution < -0.4 is 19.2 Å². The van der Waals surface area contributed by atoms with E-state index in [-0.39, 0.29) is 33.8 Å². The lowest BCUT2D eigenvalue weighted by Gasteiger charge is -2.43. The molecular formula is C35H29F3N2O5S2. The maximum Gasteiger partial charge on any atom is 0.418 e. The number of rotatable bonds is 6. The third-order valence-electron chi connectivity index (χ3n) is 10.2. The van der Waals surface area contributed by atoms with E-state index in [1.165, 1.54) is 30.0 Å². The highest BCUT2D eigenvalue weighted by molar-refractivity contribution is 8.00. The van der Waals surface area contributed by atoms with E-state index in [4.69, 9.17) is 9.47 Å². The Balaban J connectivity index is 1.16. The molecule has 1 aromatic heterocycles. The summed E-state index contributed by atoms with van der Waals surface area (Å²) in [5.41, 5.74) is 1.62. The van der Waals surface area contributed by atoms with Gasteiger partial charge in [0, 0.05) is 16.0 Å². The normalized spacial score (nSPS) is 27.5. The van der Waals surface area contributed by atoms with Gasteiger partial charge in [0.2, 0.25) is 11.8 Å². The first-order valence-electron chi connectivity index (χ1n) is 15.3. The van der Waals surface area contributed by atoms with Crippen molar-refractivity contribution in [2.45, 2.75) is 42.3 Å². The fraction of sp³-hybridized carbons (Fsp3) is 0.343. The van der Waals surface area contributed by atoms with Crippen molar-refractivity contribution in [3.8, 4) is 11.5 Å². The van der Waals surface area contributed by atoms with Crippen LogP contribution in [0.15, 0.2) is 76.6 Å². The average Bonchev–Trinajstić information content (AvgIpc) is 3.78. The van der Waals surface area contributed by atoms with Crippen LogP contribution in [0.4, 0.5) is 18.9 Å². The summed E-state index contributed by atoms with van der Waals surface area (Å²) in [5.74, 6) is -2.37. The number of benzene rings is 3. The molecule has 1 N–H and O–H groups in total. The summed E-state index contributed by atoms with van der Waals surface area (Å²) in [7, 11) is 1.57. The number of ether oxygens (including phenoxy) is 2. The van der Waals surface area contributed by atoms with Gasteiger partial charge < -0.3 is 14.5 Å². The third kappa shape index (κ3) is 4.74. The van der Waals surface area contributed by atoms with Crippen molar-refractivity contribution in [3.63, 3.8) is 0 Å². The van der Waals surface area contributed by atoms with Crippen LogP contribution in [0.25, 0.3) is 0 Å². The number of nitrogens with one attached hydrogen (secondary N) is 1. The molecule has 0 spiro atoms. The Morgan fingerprint density at radius 1 is 0.936 bits per heavy atom. The van der Waals surface area contributed by atoms with Crippen molar-refractivity contribution in [2.75, 3.05) is 12.0 Å². The highest BCUT2D eigenvalue weighted by Crippen LogP contribution is 2.69. The third-order valence-corrected chi connectivity index (χ3v) is 12.8. The number of anilines is 1. The molecule has 4 aliphatic rings. The van der Waals surface area contributed by atoms with Gasteiger partial charge in [0.25, 0.3) is 0 Å². The van der Waals surface area contributed by atoms with Crippen LogP contribution in [0.5, 0.6) is 11.5 Å². The Bertz CT molecular complexity index is 1990. The van der Waals surface area contributed by atoms with Gasteiger partial charge in [-0.05, 0) is 66.5 Å². The minimum atomic E-state index is -4.72. The van der Waals surface area contributed by atoms with Crippen LogP contribution in [-0.4, -0.2) is 29.2 Å². The Morgan fingerprint density at radius 3 is 2.45 bits per heavy atom. The molecule has 3 heterocycles. The number of methoxy groups -OCH3 is 1. The number of halogens is 3. The smallest absolute Gasteiger partial charge is 0.418 e. The zero-order valence-corrected chi connectivity index (χ0v) is 26.9. The molecule has 4 aromatic rings. The molecule has 12 heteroatoms. The number of imide groups is 1. The molecule has 7 nitrogen and oxygen atoms in total. The minimum Gasteiger partial charge on any atom is -0.493 e. The number of carbonyl (C=O) groups is 2. The highest BCUT2D eigenvalue weighted by Gasteiger charge is 2.70. The Labute approximate surface area is 276 Å². The van der Waals surface area contributed by atoms with E-state index >= 15 is 0 Å². The monoisotopic (exact) mass is 678 g/mol.